The molecule has 170 valence electrons. The Labute approximate surface area is 194 Å². The Kier molecular flexibility index (Phi) is 7.12. The van der Waals surface area contributed by atoms with Crippen LogP contribution in [-0.4, -0.2) is 33.8 Å². The van der Waals surface area contributed by atoms with Crippen LogP contribution in [0.1, 0.15) is 41.4 Å². The van der Waals surface area contributed by atoms with Crippen LogP contribution in [0.2, 0.25) is 0 Å². The van der Waals surface area contributed by atoms with Crippen LogP contribution in [0, 0.1) is 0 Å². The molecule has 0 unspecified atom stereocenters. The monoisotopic (exact) mass is 442 g/mol. The predicted molar refractivity (Wildman–Crippen MR) is 132 cm³/mol. The van der Waals surface area contributed by atoms with Crippen LogP contribution in [0.15, 0.2) is 66.9 Å². The minimum atomic E-state index is -0.142. The van der Waals surface area contributed by atoms with Gasteiger partial charge in [0.1, 0.15) is 0 Å². The molecule has 33 heavy (non-hydrogen) atoms. The second kappa shape index (κ2) is 10.4. The summed E-state index contributed by atoms with van der Waals surface area (Å²) in [6.45, 7) is 6.65. The van der Waals surface area contributed by atoms with Gasteiger partial charge in [0.15, 0.2) is 5.65 Å². The fraction of sp³-hybridized carbons (Fsp3) is 0.269. The van der Waals surface area contributed by atoms with Gasteiger partial charge in [-0.2, -0.15) is 5.10 Å². The average Bonchev–Trinajstić information content (AvgIpc) is 3.27. The second-order valence-electron chi connectivity index (χ2n) is 8.31. The van der Waals surface area contributed by atoms with Crippen molar-refractivity contribution in [2.75, 3.05) is 13.1 Å². The van der Waals surface area contributed by atoms with Gasteiger partial charge < -0.3 is 16.4 Å². The van der Waals surface area contributed by atoms with E-state index in [9.17, 15) is 4.79 Å². The molecule has 4 aromatic rings. The molecule has 0 fully saturated rings. The maximum atomic E-state index is 13.2. The fourth-order valence-electron chi connectivity index (χ4n) is 3.78. The van der Waals surface area contributed by atoms with Gasteiger partial charge in [0.05, 0.1) is 22.8 Å². The molecule has 0 spiro atoms. The molecule has 2 heterocycles. The molecule has 0 aliphatic rings. The number of amides is 1. The van der Waals surface area contributed by atoms with E-state index in [1.54, 1.807) is 6.20 Å². The summed E-state index contributed by atoms with van der Waals surface area (Å²) in [6.07, 6.45) is 1.73. The van der Waals surface area contributed by atoms with Crippen molar-refractivity contribution in [3.8, 4) is 11.3 Å². The minimum Gasteiger partial charge on any atom is -0.348 e. The Morgan fingerprint density at radius 1 is 1.03 bits per heavy atom. The van der Waals surface area contributed by atoms with Gasteiger partial charge in [-0.1, -0.05) is 48.5 Å². The van der Waals surface area contributed by atoms with Crippen molar-refractivity contribution in [2.45, 2.75) is 33.0 Å². The lowest BCUT2D eigenvalue weighted by Crippen LogP contribution is -2.23. The lowest BCUT2D eigenvalue weighted by atomic mass is 10.0. The second-order valence-corrected chi connectivity index (χ2v) is 8.31. The van der Waals surface area contributed by atoms with Crippen LogP contribution >= 0.6 is 0 Å². The molecule has 2 aromatic carbocycles. The third-order valence-electron chi connectivity index (χ3n) is 5.47. The number of nitrogens with zero attached hydrogens (tertiary/aromatic N) is 3. The van der Waals surface area contributed by atoms with Crippen molar-refractivity contribution >= 4 is 16.9 Å². The topological polar surface area (TPSA) is 97.9 Å². The molecule has 0 saturated heterocycles. The minimum absolute atomic E-state index is 0.122. The van der Waals surface area contributed by atoms with Gasteiger partial charge in [-0.3, -0.25) is 4.79 Å². The number of carbonyl (C=O) groups is 1. The molecule has 0 aliphatic carbocycles. The first kappa shape index (κ1) is 22.6. The molecule has 1 amide bonds. The van der Waals surface area contributed by atoms with Gasteiger partial charge in [0.25, 0.3) is 5.91 Å². The number of fused-ring (bicyclic) bond motifs is 1. The summed E-state index contributed by atoms with van der Waals surface area (Å²) in [5.74, 6) is -0.142. The molecule has 2 aromatic heterocycles. The molecule has 0 radical (unpaired) electrons. The van der Waals surface area contributed by atoms with Gasteiger partial charge in [-0.25, -0.2) is 9.67 Å². The van der Waals surface area contributed by atoms with E-state index >= 15 is 0 Å². The number of hydrogen-bond acceptors (Lipinski definition) is 5. The van der Waals surface area contributed by atoms with Gasteiger partial charge in [-0.15, -0.1) is 0 Å². The Balaban J connectivity index is 1.71. The molecule has 4 rings (SSSR count). The number of pyridine rings is 1. The number of aromatic nitrogens is 3. The van der Waals surface area contributed by atoms with E-state index in [1.807, 2.05) is 53.2 Å². The number of nitrogens with one attached hydrogen (secondary N) is 2. The summed E-state index contributed by atoms with van der Waals surface area (Å²) in [4.78, 5) is 18.1. The van der Waals surface area contributed by atoms with Crippen molar-refractivity contribution in [2.24, 2.45) is 5.73 Å². The van der Waals surface area contributed by atoms with Crippen LogP contribution in [0.25, 0.3) is 22.3 Å². The average molecular weight is 443 g/mol. The standard InChI is InChI=1S/C26H30N6O/c1-18(2)32-25-23(17-30-32)22(26(33)29-16-19-7-4-3-5-8-19)14-24(31-25)21-10-6-9-20(13-21)15-28-12-11-27/h3-10,13-14,17-18,28H,11-12,15-16,27H2,1-2H3,(H,29,33). The van der Waals surface area contributed by atoms with Crippen LogP contribution < -0.4 is 16.4 Å². The zero-order valence-corrected chi connectivity index (χ0v) is 19.1. The van der Waals surface area contributed by atoms with Gasteiger partial charge in [0, 0.05) is 37.8 Å². The molecule has 0 saturated carbocycles. The summed E-state index contributed by atoms with van der Waals surface area (Å²) in [6, 6.07) is 20.1. The van der Waals surface area contributed by atoms with Gasteiger partial charge in [0.2, 0.25) is 0 Å². The maximum Gasteiger partial charge on any atom is 0.252 e. The zero-order chi connectivity index (χ0) is 23.2. The molecule has 7 heteroatoms. The molecular weight excluding hydrogens is 412 g/mol. The molecule has 7 nitrogen and oxygen atoms in total. The van der Waals surface area contributed by atoms with Crippen LogP contribution in [0.5, 0.6) is 0 Å². The summed E-state index contributed by atoms with van der Waals surface area (Å²) >= 11 is 0. The Bertz CT molecular complexity index is 1230. The molecule has 0 atom stereocenters. The van der Waals surface area contributed by atoms with Crippen LogP contribution in [0.4, 0.5) is 0 Å². The van der Waals surface area contributed by atoms with Crippen LogP contribution in [0.3, 0.4) is 0 Å². The van der Waals surface area contributed by atoms with Crippen LogP contribution in [-0.2, 0) is 13.1 Å². The lowest BCUT2D eigenvalue weighted by Gasteiger charge is -2.12. The number of carbonyl (C=O) groups excluding carboxylic acids is 1. The van der Waals surface area contributed by atoms with E-state index in [0.29, 0.717) is 24.3 Å². The van der Waals surface area contributed by atoms with E-state index in [2.05, 4.69) is 41.7 Å². The molecule has 0 bridgehead atoms. The fourth-order valence-corrected chi connectivity index (χ4v) is 3.78. The quantitative estimate of drug-likeness (QED) is 0.344. The molecule has 4 N–H and O–H groups in total. The Morgan fingerprint density at radius 3 is 2.58 bits per heavy atom. The summed E-state index contributed by atoms with van der Waals surface area (Å²) in [5.41, 5.74) is 10.7. The van der Waals surface area contributed by atoms with Crippen molar-refractivity contribution in [1.29, 1.82) is 0 Å². The Morgan fingerprint density at radius 2 is 1.82 bits per heavy atom. The predicted octanol–water partition coefficient (Wildman–Crippen LogP) is 3.66. The van der Waals surface area contributed by atoms with E-state index in [1.165, 1.54) is 0 Å². The van der Waals surface area contributed by atoms with Crippen molar-refractivity contribution in [1.82, 2.24) is 25.4 Å². The van der Waals surface area contributed by atoms with Crippen molar-refractivity contribution < 1.29 is 4.79 Å². The first-order valence-electron chi connectivity index (χ1n) is 11.3. The number of hydrogen-bond donors (Lipinski definition) is 3. The first-order chi connectivity index (χ1) is 16.1. The third kappa shape index (κ3) is 5.27. The summed E-state index contributed by atoms with van der Waals surface area (Å²) < 4.78 is 1.86. The maximum absolute atomic E-state index is 13.2. The molecular formula is C26H30N6O. The summed E-state index contributed by atoms with van der Waals surface area (Å²) in [7, 11) is 0. The SMILES string of the molecule is CC(C)n1ncc2c(C(=O)NCc3ccccc3)cc(-c3cccc(CNCCN)c3)nc21. The number of nitrogens with two attached hydrogens (primary N) is 1. The lowest BCUT2D eigenvalue weighted by molar-refractivity contribution is 0.0952. The molecule has 0 aliphatic heterocycles. The highest BCUT2D eigenvalue weighted by molar-refractivity contribution is 6.06. The van der Waals surface area contributed by atoms with E-state index in [0.717, 1.165) is 40.9 Å². The van der Waals surface area contributed by atoms with E-state index in [4.69, 9.17) is 10.7 Å². The first-order valence-corrected chi connectivity index (χ1v) is 11.3. The summed E-state index contributed by atoms with van der Waals surface area (Å²) in [5, 5.41) is 11.6. The van der Waals surface area contributed by atoms with Gasteiger partial charge in [-0.05, 0) is 37.1 Å². The smallest absolute Gasteiger partial charge is 0.252 e. The number of benzene rings is 2. The highest BCUT2D eigenvalue weighted by atomic mass is 16.1. The number of rotatable bonds is 9. The highest BCUT2D eigenvalue weighted by Crippen LogP contribution is 2.27. The van der Waals surface area contributed by atoms with Crippen molar-refractivity contribution in [3.05, 3.63) is 83.6 Å². The largest absolute Gasteiger partial charge is 0.348 e. The Hall–Kier alpha value is -3.55. The van der Waals surface area contributed by atoms with Gasteiger partial charge >= 0.3 is 0 Å². The van der Waals surface area contributed by atoms with E-state index in [-0.39, 0.29) is 11.9 Å². The normalized spacial score (nSPS) is 11.3. The van der Waals surface area contributed by atoms with Crippen molar-refractivity contribution in [3.63, 3.8) is 0 Å². The zero-order valence-electron chi connectivity index (χ0n) is 19.1. The third-order valence-corrected chi connectivity index (χ3v) is 5.47. The highest BCUT2D eigenvalue weighted by Gasteiger charge is 2.18. The van der Waals surface area contributed by atoms with E-state index < -0.39 is 0 Å².